The van der Waals surface area contributed by atoms with Gasteiger partial charge in [-0.25, -0.2) is 9.78 Å². The Hall–Kier alpha value is -2.83. The van der Waals surface area contributed by atoms with Crippen LogP contribution in [-0.4, -0.2) is 29.4 Å². The molecular weight excluding hydrogens is 288 g/mol. The van der Waals surface area contributed by atoms with Crippen LogP contribution in [0.1, 0.15) is 21.7 Å². The van der Waals surface area contributed by atoms with Crippen molar-refractivity contribution in [3.8, 4) is 11.5 Å². The molecule has 0 fully saturated rings. The summed E-state index contributed by atoms with van der Waals surface area (Å²) >= 11 is 0. The van der Waals surface area contributed by atoms with E-state index in [1.807, 2.05) is 6.07 Å². The molecule has 2 aromatic rings. The van der Waals surface area contributed by atoms with Crippen LogP contribution in [-0.2, 0) is 11.3 Å². The second-order valence-corrected chi connectivity index (χ2v) is 4.79. The molecule has 1 aromatic carbocycles. The van der Waals surface area contributed by atoms with E-state index in [0.29, 0.717) is 17.3 Å². The van der Waals surface area contributed by atoms with Crippen molar-refractivity contribution < 1.29 is 19.0 Å². The first kappa shape index (κ1) is 14.1. The van der Waals surface area contributed by atoms with Crippen LogP contribution in [0.2, 0.25) is 0 Å². The highest BCUT2D eigenvalue weighted by Gasteiger charge is 2.17. The van der Waals surface area contributed by atoms with Crippen LogP contribution >= 0.6 is 0 Å². The summed E-state index contributed by atoms with van der Waals surface area (Å²) in [5.74, 6) is 1.13. The third kappa shape index (κ3) is 2.41. The number of rotatable bonds is 3. The Bertz CT molecular complexity index is 797. The Morgan fingerprint density at radius 1 is 1.36 bits per heavy atom. The van der Waals surface area contributed by atoms with Gasteiger partial charge in [0.1, 0.15) is 11.4 Å². The summed E-state index contributed by atoms with van der Waals surface area (Å²) < 4.78 is 16.6. The van der Waals surface area contributed by atoms with Gasteiger partial charge in [0.15, 0.2) is 11.5 Å². The highest BCUT2D eigenvalue weighted by molar-refractivity contribution is 5.88. The number of fused-ring (bicyclic) bond motifs is 1. The molecule has 2 heterocycles. The lowest BCUT2D eigenvalue weighted by molar-refractivity contribution is 0.0597. The average Bonchev–Trinajstić information content (AvgIpc) is 2.98. The molecular formula is C15H14N2O5. The number of aryl methyl sites for hydroxylation is 1. The molecule has 0 bridgehead atoms. The first-order valence-corrected chi connectivity index (χ1v) is 6.63. The number of nitrogens with zero attached hydrogens (tertiary/aromatic N) is 2. The molecule has 0 spiro atoms. The Morgan fingerprint density at radius 3 is 2.91 bits per heavy atom. The number of esters is 1. The summed E-state index contributed by atoms with van der Waals surface area (Å²) in [6.45, 7) is 2.17. The number of hydrogen-bond donors (Lipinski definition) is 0. The van der Waals surface area contributed by atoms with Crippen molar-refractivity contribution in [2.75, 3.05) is 13.9 Å². The number of aromatic nitrogens is 2. The zero-order valence-corrected chi connectivity index (χ0v) is 12.2. The third-order valence-corrected chi connectivity index (χ3v) is 3.43. The fourth-order valence-electron chi connectivity index (χ4n) is 2.23. The van der Waals surface area contributed by atoms with E-state index in [1.165, 1.54) is 17.9 Å². The van der Waals surface area contributed by atoms with Gasteiger partial charge in [0, 0.05) is 6.20 Å². The van der Waals surface area contributed by atoms with Crippen LogP contribution in [0.15, 0.2) is 29.2 Å². The van der Waals surface area contributed by atoms with E-state index in [1.54, 1.807) is 19.1 Å². The van der Waals surface area contributed by atoms with Crippen LogP contribution in [0.25, 0.3) is 0 Å². The molecule has 7 nitrogen and oxygen atoms in total. The minimum Gasteiger partial charge on any atom is -0.465 e. The fourth-order valence-corrected chi connectivity index (χ4v) is 2.23. The van der Waals surface area contributed by atoms with E-state index in [2.05, 4.69) is 9.72 Å². The van der Waals surface area contributed by atoms with Gasteiger partial charge in [0.05, 0.1) is 13.7 Å². The summed E-state index contributed by atoms with van der Waals surface area (Å²) in [4.78, 5) is 28.1. The Labute approximate surface area is 126 Å². The molecule has 1 aromatic heterocycles. The Kier molecular flexibility index (Phi) is 3.54. The van der Waals surface area contributed by atoms with Gasteiger partial charge in [0.2, 0.25) is 6.79 Å². The van der Waals surface area contributed by atoms with E-state index in [9.17, 15) is 9.59 Å². The van der Waals surface area contributed by atoms with Gasteiger partial charge < -0.3 is 14.2 Å². The van der Waals surface area contributed by atoms with Crippen LogP contribution in [0.3, 0.4) is 0 Å². The van der Waals surface area contributed by atoms with E-state index in [4.69, 9.17) is 9.47 Å². The number of methoxy groups -OCH3 is 1. The molecule has 3 rings (SSSR count). The van der Waals surface area contributed by atoms with Crippen molar-refractivity contribution >= 4 is 5.97 Å². The van der Waals surface area contributed by atoms with Gasteiger partial charge >= 0.3 is 5.97 Å². The molecule has 0 atom stereocenters. The molecule has 0 N–H and O–H groups in total. The largest absolute Gasteiger partial charge is 0.465 e. The first-order valence-electron chi connectivity index (χ1n) is 6.63. The Morgan fingerprint density at radius 2 is 2.14 bits per heavy atom. The maximum atomic E-state index is 12.4. The third-order valence-electron chi connectivity index (χ3n) is 3.43. The topological polar surface area (TPSA) is 79.7 Å². The molecule has 22 heavy (non-hydrogen) atoms. The second kappa shape index (κ2) is 5.51. The molecule has 114 valence electrons. The molecule has 1 aliphatic heterocycles. The fraction of sp³-hybridized carbons (Fsp3) is 0.267. The normalized spacial score (nSPS) is 12.3. The highest BCUT2D eigenvalue weighted by Crippen LogP contribution is 2.32. The lowest BCUT2D eigenvalue weighted by Gasteiger charge is -2.11. The summed E-state index contributed by atoms with van der Waals surface area (Å²) in [5.41, 5.74) is 0.323. The van der Waals surface area contributed by atoms with E-state index in [-0.39, 0.29) is 18.9 Å². The standard InChI is InChI=1S/C15H14N2O5/c1-9-16-6-11(15(19)20-2)14(18)17(9)7-10-3-4-12-13(5-10)22-8-21-12/h3-6H,7-8H2,1-2H3. The maximum Gasteiger partial charge on any atom is 0.345 e. The highest BCUT2D eigenvalue weighted by atomic mass is 16.7. The minimum absolute atomic E-state index is 0.0890. The average molecular weight is 302 g/mol. The number of carbonyl (C=O) groups is 1. The number of hydrogen-bond acceptors (Lipinski definition) is 6. The molecule has 0 radical (unpaired) electrons. The monoisotopic (exact) mass is 302 g/mol. The van der Waals surface area contributed by atoms with Crippen LogP contribution in [0, 0.1) is 6.92 Å². The maximum absolute atomic E-state index is 12.4. The second-order valence-electron chi connectivity index (χ2n) is 4.79. The van der Waals surface area contributed by atoms with E-state index < -0.39 is 11.5 Å². The lowest BCUT2D eigenvalue weighted by atomic mass is 10.2. The number of carbonyl (C=O) groups excluding carboxylic acids is 1. The molecule has 0 saturated heterocycles. The van der Waals surface area contributed by atoms with Gasteiger partial charge in [-0.15, -0.1) is 0 Å². The van der Waals surface area contributed by atoms with Crippen molar-refractivity contribution in [3.63, 3.8) is 0 Å². The van der Waals surface area contributed by atoms with Gasteiger partial charge in [-0.2, -0.15) is 0 Å². The zero-order chi connectivity index (χ0) is 15.7. The summed E-state index contributed by atoms with van der Waals surface area (Å²) in [5, 5.41) is 0. The van der Waals surface area contributed by atoms with E-state index in [0.717, 1.165) is 5.56 Å². The molecule has 7 heteroatoms. The lowest BCUT2D eigenvalue weighted by Crippen LogP contribution is -2.29. The first-order chi connectivity index (χ1) is 10.6. The van der Waals surface area contributed by atoms with Gasteiger partial charge in [-0.05, 0) is 24.6 Å². The quantitative estimate of drug-likeness (QED) is 0.790. The summed E-state index contributed by atoms with van der Waals surface area (Å²) in [6.07, 6.45) is 1.24. The van der Waals surface area contributed by atoms with Crippen molar-refractivity contribution in [1.29, 1.82) is 0 Å². The van der Waals surface area contributed by atoms with Gasteiger partial charge in [-0.3, -0.25) is 9.36 Å². The SMILES string of the molecule is COC(=O)c1cnc(C)n(Cc2ccc3c(c2)OCO3)c1=O. The van der Waals surface area contributed by atoms with Crippen LogP contribution < -0.4 is 15.0 Å². The van der Waals surface area contributed by atoms with Crippen molar-refractivity contribution in [3.05, 3.63) is 51.7 Å². The van der Waals surface area contributed by atoms with Crippen molar-refractivity contribution in [1.82, 2.24) is 9.55 Å². The van der Waals surface area contributed by atoms with Crippen LogP contribution in [0.4, 0.5) is 0 Å². The predicted molar refractivity (Wildman–Crippen MR) is 76.2 cm³/mol. The molecule has 0 saturated carbocycles. The molecule has 0 aliphatic carbocycles. The molecule has 0 unspecified atom stereocenters. The smallest absolute Gasteiger partial charge is 0.345 e. The molecule has 1 aliphatic rings. The van der Waals surface area contributed by atoms with Crippen LogP contribution in [0.5, 0.6) is 11.5 Å². The van der Waals surface area contributed by atoms with Crippen molar-refractivity contribution in [2.24, 2.45) is 0 Å². The van der Waals surface area contributed by atoms with Crippen molar-refractivity contribution in [2.45, 2.75) is 13.5 Å². The zero-order valence-electron chi connectivity index (χ0n) is 12.2. The van der Waals surface area contributed by atoms with Gasteiger partial charge in [0.25, 0.3) is 5.56 Å². The number of ether oxygens (including phenoxy) is 3. The summed E-state index contributed by atoms with van der Waals surface area (Å²) in [6, 6.07) is 5.43. The number of benzene rings is 1. The summed E-state index contributed by atoms with van der Waals surface area (Å²) in [7, 11) is 1.23. The van der Waals surface area contributed by atoms with Gasteiger partial charge in [-0.1, -0.05) is 6.07 Å². The Balaban J connectivity index is 1.98. The van der Waals surface area contributed by atoms with E-state index >= 15 is 0 Å². The molecule has 0 amide bonds. The minimum atomic E-state index is -0.697. The predicted octanol–water partition coefficient (Wildman–Crippen LogP) is 1.12.